The number of hydrogen-bond acceptors (Lipinski definition) is 13. The third kappa shape index (κ3) is 4.50. The topological polar surface area (TPSA) is 181 Å². The van der Waals surface area contributed by atoms with Gasteiger partial charge in [-0.1, -0.05) is 26.8 Å². The minimum atomic E-state index is -1.80. The molecule has 2 saturated carbocycles. The van der Waals surface area contributed by atoms with Crippen LogP contribution in [0.25, 0.3) is 0 Å². The van der Waals surface area contributed by atoms with Crippen molar-refractivity contribution in [3.63, 3.8) is 0 Å². The van der Waals surface area contributed by atoms with Gasteiger partial charge in [-0.15, -0.1) is 11.3 Å². The zero-order chi connectivity index (χ0) is 32.6. The number of likely N-dealkylation sites (N-methyl/N-ethyl adjacent to an activating group) is 1. The number of hydrogen-bond donors (Lipinski definition) is 5. The standard InChI is InChI=1S/C31H43NO11S/c1-14-16(42-26(36)23(34)21(32-6)17-9-8-10-44-17)12-31(39)15(2)24-29(5,25(35)22(33)20(14)28(31,3)4)18(43-27(37)40-7)11-19-30(24,38)13-41-19/h8-10,15-16,18-19,21-24,32-34,38-39H,11-13H2,1-7H3/t15?,16?,18?,19?,21?,22?,23?,24?,29-,30?,31?/m1/s1. The van der Waals surface area contributed by atoms with E-state index >= 15 is 0 Å². The van der Waals surface area contributed by atoms with Crippen LogP contribution in [0, 0.1) is 22.7 Å². The number of Topliss-reactive ketones (excluding diaryl/α,β-unsaturated/α-hetero) is 1. The number of ketones is 1. The molecule has 5 rings (SSSR count). The number of esters is 1. The molecule has 1 aliphatic heterocycles. The molecule has 0 spiro atoms. The average Bonchev–Trinajstić information content (AvgIpc) is 3.50. The Hall–Kier alpha value is -2.39. The average molecular weight is 638 g/mol. The van der Waals surface area contributed by atoms with Crippen LogP contribution in [0.5, 0.6) is 0 Å². The minimum Gasteiger partial charge on any atom is -0.456 e. The smallest absolute Gasteiger partial charge is 0.456 e. The molecule has 244 valence electrons. The van der Waals surface area contributed by atoms with Crippen LogP contribution in [0.4, 0.5) is 4.79 Å². The highest BCUT2D eigenvalue weighted by Crippen LogP contribution is 2.64. The lowest BCUT2D eigenvalue weighted by molar-refractivity contribution is -0.335. The van der Waals surface area contributed by atoms with Crippen molar-refractivity contribution in [1.82, 2.24) is 5.32 Å². The van der Waals surface area contributed by atoms with Gasteiger partial charge in [-0.2, -0.15) is 0 Å². The van der Waals surface area contributed by atoms with Gasteiger partial charge in [0.1, 0.15) is 23.9 Å². The van der Waals surface area contributed by atoms with E-state index in [2.05, 4.69) is 5.32 Å². The van der Waals surface area contributed by atoms with Crippen LogP contribution in [0.15, 0.2) is 28.7 Å². The van der Waals surface area contributed by atoms with Gasteiger partial charge < -0.3 is 44.7 Å². The van der Waals surface area contributed by atoms with Crippen LogP contribution in [-0.2, 0) is 28.5 Å². The fraction of sp³-hybridized carbons (Fsp3) is 0.710. The Morgan fingerprint density at radius 1 is 1.20 bits per heavy atom. The number of carbonyl (C=O) groups is 3. The Morgan fingerprint density at radius 2 is 1.89 bits per heavy atom. The van der Waals surface area contributed by atoms with E-state index in [1.807, 2.05) is 5.38 Å². The van der Waals surface area contributed by atoms with Gasteiger partial charge in [0.05, 0.1) is 36.9 Å². The summed E-state index contributed by atoms with van der Waals surface area (Å²) in [7, 11) is 2.75. The molecule has 0 amide bonds. The van der Waals surface area contributed by atoms with E-state index in [9.17, 15) is 34.8 Å². The van der Waals surface area contributed by atoms with Crippen molar-refractivity contribution in [3.05, 3.63) is 33.5 Å². The molecule has 44 heavy (non-hydrogen) atoms. The quantitative estimate of drug-likeness (QED) is 0.225. The van der Waals surface area contributed by atoms with Crippen LogP contribution in [0.2, 0.25) is 0 Å². The molecular formula is C31H43NO11S. The van der Waals surface area contributed by atoms with Crippen molar-refractivity contribution in [3.8, 4) is 0 Å². The Balaban J connectivity index is 1.60. The van der Waals surface area contributed by atoms with Crippen LogP contribution in [-0.4, -0.2) is 101 Å². The summed E-state index contributed by atoms with van der Waals surface area (Å²) in [6.07, 6.45) is -7.61. The Bertz CT molecular complexity index is 1350. The van der Waals surface area contributed by atoms with E-state index in [0.717, 1.165) is 12.0 Å². The second kappa shape index (κ2) is 11.1. The van der Waals surface area contributed by atoms with Crippen LogP contribution >= 0.6 is 11.3 Å². The Kier molecular flexibility index (Phi) is 8.36. The minimum absolute atomic E-state index is 0.0152. The van der Waals surface area contributed by atoms with E-state index in [4.69, 9.17) is 18.9 Å². The highest BCUT2D eigenvalue weighted by Gasteiger charge is 2.75. The van der Waals surface area contributed by atoms with Gasteiger partial charge in [-0.3, -0.25) is 4.79 Å². The van der Waals surface area contributed by atoms with E-state index in [1.165, 1.54) is 11.3 Å². The van der Waals surface area contributed by atoms with Crippen LogP contribution in [0.1, 0.15) is 58.4 Å². The van der Waals surface area contributed by atoms with Gasteiger partial charge in [0.15, 0.2) is 11.9 Å². The number of ether oxygens (including phenoxy) is 4. The van der Waals surface area contributed by atoms with Gasteiger partial charge in [-0.05, 0) is 49.4 Å². The lowest BCUT2D eigenvalue weighted by Crippen LogP contribution is -2.79. The summed E-state index contributed by atoms with van der Waals surface area (Å²) < 4.78 is 21.9. The first-order chi connectivity index (χ1) is 20.5. The van der Waals surface area contributed by atoms with Crippen molar-refractivity contribution in [1.29, 1.82) is 0 Å². The van der Waals surface area contributed by atoms with E-state index in [1.54, 1.807) is 53.8 Å². The molecule has 0 aromatic carbocycles. The maximum absolute atomic E-state index is 14.5. The molecule has 10 unspecified atom stereocenters. The van der Waals surface area contributed by atoms with Crippen molar-refractivity contribution >= 4 is 29.2 Å². The summed E-state index contributed by atoms with van der Waals surface area (Å²) in [6, 6.07) is 2.84. The van der Waals surface area contributed by atoms with Gasteiger partial charge in [-0.25, -0.2) is 9.59 Å². The summed E-state index contributed by atoms with van der Waals surface area (Å²) in [6.45, 7) is 8.20. The van der Waals surface area contributed by atoms with Crippen molar-refractivity contribution in [2.45, 2.75) is 95.2 Å². The number of aliphatic hydroxyl groups is 4. The molecule has 1 saturated heterocycles. The second-order valence-electron chi connectivity index (χ2n) is 13.4. The van der Waals surface area contributed by atoms with Gasteiger partial charge in [0.2, 0.25) is 0 Å². The molecule has 4 aliphatic rings. The summed E-state index contributed by atoms with van der Waals surface area (Å²) in [5, 5.41) is 52.4. The van der Waals surface area contributed by atoms with Crippen LogP contribution in [0.3, 0.4) is 0 Å². The Morgan fingerprint density at radius 3 is 2.43 bits per heavy atom. The molecule has 2 bridgehead atoms. The van der Waals surface area contributed by atoms with E-state index in [-0.39, 0.29) is 25.0 Å². The van der Waals surface area contributed by atoms with Crippen molar-refractivity contribution in [2.75, 3.05) is 20.8 Å². The molecule has 1 aromatic rings. The van der Waals surface area contributed by atoms with Gasteiger partial charge in [0, 0.05) is 29.1 Å². The molecule has 2 heterocycles. The molecule has 0 radical (unpaired) electrons. The molecular weight excluding hydrogens is 594 g/mol. The number of nitrogens with one attached hydrogen (secondary N) is 1. The summed E-state index contributed by atoms with van der Waals surface area (Å²) in [4.78, 5) is 40.9. The molecule has 3 aliphatic carbocycles. The maximum Gasteiger partial charge on any atom is 0.508 e. The summed E-state index contributed by atoms with van der Waals surface area (Å²) in [5.74, 6) is -3.55. The number of carbonyl (C=O) groups excluding carboxylic acids is 3. The molecule has 12 nitrogen and oxygen atoms in total. The fourth-order valence-electron chi connectivity index (χ4n) is 8.70. The number of fused-ring (bicyclic) bond motifs is 5. The van der Waals surface area contributed by atoms with E-state index < -0.39 is 88.3 Å². The highest BCUT2D eigenvalue weighted by atomic mass is 32.1. The predicted molar refractivity (Wildman–Crippen MR) is 156 cm³/mol. The molecule has 3 fully saturated rings. The maximum atomic E-state index is 14.5. The van der Waals surface area contributed by atoms with E-state index in [0.29, 0.717) is 5.57 Å². The number of methoxy groups -OCH3 is 1. The normalized spacial score (nSPS) is 40.8. The molecule has 1 aromatic heterocycles. The fourth-order valence-corrected chi connectivity index (χ4v) is 9.56. The first kappa shape index (κ1) is 33.0. The molecule has 13 heteroatoms. The zero-order valence-electron chi connectivity index (χ0n) is 26.0. The first-order valence-electron chi connectivity index (χ1n) is 14.8. The third-order valence-corrected chi connectivity index (χ3v) is 12.2. The number of thiophene rings is 1. The van der Waals surface area contributed by atoms with Crippen molar-refractivity contribution in [2.24, 2.45) is 22.7 Å². The van der Waals surface area contributed by atoms with Gasteiger partial charge in [0.25, 0.3) is 0 Å². The highest BCUT2D eigenvalue weighted by molar-refractivity contribution is 7.10. The number of aliphatic hydroxyl groups excluding tert-OH is 2. The second-order valence-corrected chi connectivity index (χ2v) is 14.4. The molecule has 5 N–H and O–H groups in total. The largest absolute Gasteiger partial charge is 0.508 e. The predicted octanol–water partition coefficient (Wildman–Crippen LogP) is 1.65. The molecule has 11 atom stereocenters. The Labute approximate surface area is 260 Å². The summed E-state index contributed by atoms with van der Waals surface area (Å²) >= 11 is 1.36. The zero-order valence-corrected chi connectivity index (χ0v) is 26.8. The number of rotatable bonds is 6. The third-order valence-electron chi connectivity index (χ3n) is 11.2. The van der Waals surface area contributed by atoms with Crippen molar-refractivity contribution < 1.29 is 53.8 Å². The summed E-state index contributed by atoms with van der Waals surface area (Å²) in [5.41, 5.74) is -5.68. The SMILES string of the molecule is CNC(c1cccs1)C(O)C(=O)OC1CC2(O)C(C)C3C4(O)COC4CC(OC(=O)OC)[C@@]3(C)C(=O)C(O)C(=C1C)C2(C)C. The monoisotopic (exact) mass is 637 g/mol. The lowest BCUT2D eigenvalue weighted by atomic mass is 9.43. The lowest BCUT2D eigenvalue weighted by Gasteiger charge is -2.67. The van der Waals surface area contributed by atoms with Crippen LogP contribution < -0.4 is 5.32 Å². The van der Waals surface area contributed by atoms with Gasteiger partial charge >= 0.3 is 12.1 Å². The first-order valence-corrected chi connectivity index (χ1v) is 15.7.